The second-order valence-corrected chi connectivity index (χ2v) is 5.74. The summed E-state index contributed by atoms with van der Waals surface area (Å²) in [5, 5.41) is 10.1. The van der Waals surface area contributed by atoms with Crippen LogP contribution in [0.15, 0.2) is 47.4 Å². The molecule has 0 spiro atoms. The van der Waals surface area contributed by atoms with Crippen molar-refractivity contribution in [2.75, 3.05) is 0 Å². The van der Waals surface area contributed by atoms with Crippen LogP contribution in [0, 0.1) is 5.41 Å². The fourth-order valence-electron chi connectivity index (χ4n) is 1.85. The van der Waals surface area contributed by atoms with Gasteiger partial charge in [-0.05, 0) is 17.5 Å². The van der Waals surface area contributed by atoms with Crippen LogP contribution in [0.4, 0.5) is 0 Å². The Labute approximate surface area is 95.2 Å². The van der Waals surface area contributed by atoms with Crippen LogP contribution in [-0.2, 0) is 0 Å². The van der Waals surface area contributed by atoms with Gasteiger partial charge in [0.1, 0.15) is 0 Å². The van der Waals surface area contributed by atoms with Crippen molar-refractivity contribution in [2.45, 2.75) is 30.1 Å². The first kappa shape index (κ1) is 10.8. The minimum atomic E-state index is -0.329. The van der Waals surface area contributed by atoms with Gasteiger partial charge in [0.25, 0.3) is 0 Å². The molecule has 1 aliphatic carbocycles. The van der Waals surface area contributed by atoms with E-state index in [-0.39, 0.29) is 16.8 Å². The van der Waals surface area contributed by atoms with Crippen LogP contribution in [0.25, 0.3) is 0 Å². The minimum absolute atomic E-state index is 0.0694. The monoisotopic (exact) mass is 220 g/mol. The van der Waals surface area contributed by atoms with Crippen molar-refractivity contribution in [3.63, 3.8) is 0 Å². The molecule has 2 heteroatoms. The molecule has 0 heterocycles. The molecule has 1 aromatic carbocycles. The SMILES string of the molecule is CC1(C)C=CC(O)C1Sc1ccccc1. The number of hydrogen-bond donors (Lipinski definition) is 1. The smallest absolute Gasteiger partial charge is 0.0851 e. The van der Waals surface area contributed by atoms with Crippen molar-refractivity contribution in [3.05, 3.63) is 42.5 Å². The fraction of sp³-hybridized carbons (Fsp3) is 0.385. The molecule has 0 saturated carbocycles. The molecule has 15 heavy (non-hydrogen) atoms. The van der Waals surface area contributed by atoms with E-state index in [0.717, 1.165) is 0 Å². The van der Waals surface area contributed by atoms with Crippen LogP contribution in [0.5, 0.6) is 0 Å². The second-order valence-electron chi connectivity index (χ2n) is 4.52. The predicted molar refractivity (Wildman–Crippen MR) is 65.0 cm³/mol. The fourth-order valence-corrected chi connectivity index (χ4v) is 3.07. The van der Waals surface area contributed by atoms with E-state index in [1.165, 1.54) is 4.90 Å². The molecule has 1 N–H and O–H groups in total. The highest BCUT2D eigenvalue weighted by Gasteiger charge is 2.37. The Morgan fingerprint density at radius 1 is 1.20 bits per heavy atom. The van der Waals surface area contributed by atoms with Crippen molar-refractivity contribution in [2.24, 2.45) is 5.41 Å². The highest BCUT2D eigenvalue weighted by atomic mass is 32.2. The molecular formula is C13H16OS. The lowest BCUT2D eigenvalue weighted by Crippen LogP contribution is -2.29. The zero-order chi connectivity index (χ0) is 10.9. The molecule has 2 unspecified atom stereocenters. The van der Waals surface area contributed by atoms with Gasteiger partial charge in [-0.1, -0.05) is 44.2 Å². The van der Waals surface area contributed by atoms with Crippen molar-refractivity contribution in [1.29, 1.82) is 0 Å². The van der Waals surface area contributed by atoms with Gasteiger partial charge in [-0.2, -0.15) is 0 Å². The van der Waals surface area contributed by atoms with E-state index < -0.39 is 0 Å². The molecule has 0 saturated heterocycles. The van der Waals surface area contributed by atoms with Crippen LogP contribution in [0.3, 0.4) is 0 Å². The molecule has 0 aromatic heterocycles. The second kappa shape index (κ2) is 4.03. The summed E-state index contributed by atoms with van der Waals surface area (Å²) in [6, 6.07) is 10.3. The molecular weight excluding hydrogens is 204 g/mol. The van der Waals surface area contributed by atoms with Gasteiger partial charge in [-0.25, -0.2) is 0 Å². The Morgan fingerprint density at radius 2 is 1.87 bits per heavy atom. The van der Waals surface area contributed by atoms with E-state index in [9.17, 15) is 5.11 Å². The maximum Gasteiger partial charge on any atom is 0.0851 e. The molecule has 1 aromatic rings. The third kappa shape index (κ3) is 2.27. The summed E-state index contributed by atoms with van der Waals surface area (Å²) >= 11 is 1.75. The number of hydrogen-bond acceptors (Lipinski definition) is 2. The van der Waals surface area contributed by atoms with Gasteiger partial charge in [0, 0.05) is 10.1 Å². The van der Waals surface area contributed by atoms with E-state index >= 15 is 0 Å². The average molecular weight is 220 g/mol. The summed E-state index contributed by atoms with van der Waals surface area (Å²) in [6.07, 6.45) is 3.68. The van der Waals surface area contributed by atoms with Gasteiger partial charge in [0.2, 0.25) is 0 Å². The first-order valence-corrected chi connectivity index (χ1v) is 6.07. The first-order valence-electron chi connectivity index (χ1n) is 5.19. The standard InChI is InChI=1S/C13H16OS/c1-13(2)9-8-11(14)12(13)15-10-6-4-3-5-7-10/h3-9,11-12,14H,1-2H3. The van der Waals surface area contributed by atoms with E-state index in [0.29, 0.717) is 0 Å². The topological polar surface area (TPSA) is 20.2 Å². The molecule has 1 nitrogen and oxygen atoms in total. The average Bonchev–Trinajstić information content (AvgIpc) is 2.47. The Hall–Kier alpha value is -0.730. The Balaban J connectivity index is 2.13. The Morgan fingerprint density at radius 3 is 2.40 bits per heavy atom. The zero-order valence-corrected chi connectivity index (χ0v) is 9.87. The molecule has 0 amide bonds. The largest absolute Gasteiger partial charge is 0.388 e. The van der Waals surface area contributed by atoms with Crippen molar-refractivity contribution in [1.82, 2.24) is 0 Å². The summed E-state index contributed by atoms with van der Waals surface area (Å²) in [6.45, 7) is 4.33. The van der Waals surface area contributed by atoms with Gasteiger partial charge < -0.3 is 5.11 Å². The lowest BCUT2D eigenvalue weighted by molar-refractivity contribution is 0.200. The van der Waals surface area contributed by atoms with Gasteiger partial charge in [-0.15, -0.1) is 11.8 Å². The van der Waals surface area contributed by atoms with Crippen LogP contribution in [0.1, 0.15) is 13.8 Å². The van der Waals surface area contributed by atoms with Gasteiger partial charge in [-0.3, -0.25) is 0 Å². The maximum absolute atomic E-state index is 9.88. The zero-order valence-electron chi connectivity index (χ0n) is 9.05. The summed E-state index contributed by atoms with van der Waals surface area (Å²) in [5.41, 5.74) is 0.0694. The quantitative estimate of drug-likeness (QED) is 0.773. The molecule has 80 valence electrons. The maximum atomic E-state index is 9.88. The molecule has 0 bridgehead atoms. The highest BCUT2D eigenvalue weighted by Crippen LogP contribution is 2.42. The van der Waals surface area contributed by atoms with Crippen molar-refractivity contribution >= 4 is 11.8 Å². The summed E-state index contributed by atoms with van der Waals surface area (Å²) in [5.74, 6) is 0. The van der Waals surface area contributed by atoms with E-state index in [2.05, 4.69) is 32.1 Å². The molecule has 0 radical (unpaired) electrons. The van der Waals surface area contributed by atoms with Crippen LogP contribution in [-0.4, -0.2) is 16.5 Å². The van der Waals surface area contributed by atoms with Gasteiger partial charge in [0.05, 0.1) is 6.10 Å². The summed E-state index contributed by atoms with van der Waals surface area (Å²) in [4.78, 5) is 1.22. The molecule has 0 fully saturated rings. The van der Waals surface area contributed by atoms with Crippen molar-refractivity contribution in [3.8, 4) is 0 Å². The van der Waals surface area contributed by atoms with E-state index in [1.54, 1.807) is 11.8 Å². The normalized spacial score (nSPS) is 28.2. The van der Waals surface area contributed by atoms with Gasteiger partial charge >= 0.3 is 0 Å². The lowest BCUT2D eigenvalue weighted by atomic mass is 9.92. The summed E-state index contributed by atoms with van der Waals surface area (Å²) < 4.78 is 0. The van der Waals surface area contributed by atoms with Crippen molar-refractivity contribution < 1.29 is 5.11 Å². The highest BCUT2D eigenvalue weighted by molar-refractivity contribution is 8.00. The van der Waals surface area contributed by atoms with Crippen LogP contribution >= 0.6 is 11.8 Å². The number of benzene rings is 1. The number of thioether (sulfide) groups is 1. The number of aliphatic hydroxyl groups is 1. The summed E-state index contributed by atoms with van der Waals surface area (Å²) in [7, 11) is 0. The van der Waals surface area contributed by atoms with E-state index in [4.69, 9.17) is 0 Å². The number of rotatable bonds is 2. The number of aliphatic hydroxyl groups excluding tert-OH is 1. The first-order chi connectivity index (χ1) is 7.09. The van der Waals surface area contributed by atoms with Gasteiger partial charge in [0.15, 0.2) is 0 Å². The van der Waals surface area contributed by atoms with Crippen LogP contribution < -0.4 is 0 Å². The third-order valence-electron chi connectivity index (χ3n) is 2.77. The lowest BCUT2D eigenvalue weighted by Gasteiger charge is -2.28. The molecule has 0 aliphatic heterocycles. The Kier molecular flexibility index (Phi) is 2.89. The molecule has 2 rings (SSSR count). The van der Waals surface area contributed by atoms with E-state index in [1.807, 2.05) is 24.3 Å². The number of allylic oxidation sites excluding steroid dienone is 1. The molecule has 1 aliphatic rings. The third-order valence-corrected chi connectivity index (χ3v) is 4.46. The minimum Gasteiger partial charge on any atom is -0.388 e. The van der Waals surface area contributed by atoms with Crippen LogP contribution in [0.2, 0.25) is 0 Å². The predicted octanol–water partition coefficient (Wildman–Crippen LogP) is 3.10. The Bertz CT molecular complexity index is 356. The molecule has 2 atom stereocenters.